The van der Waals surface area contributed by atoms with Crippen LogP contribution in [0.1, 0.15) is 27.7 Å². The van der Waals surface area contributed by atoms with Crippen LogP contribution in [0.3, 0.4) is 0 Å². The van der Waals surface area contributed by atoms with E-state index in [0.717, 1.165) is 0 Å². The molecule has 1 aromatic carbocycles. The average Bonchev–Trinajstić information content (AvgIpc) is 2.60. The van der Waals surface area contributed by atoms with Gasteiger partial charge in [0.05, 0.1) is 11.4 Å². The van der Waals surface area contributed by atoms with Gasteiger partial charge in [-0.25, -0.2) is 0 Å². The van der Waals surface area contributed by atoms with Crippen LogP contribution in [0.25, 0.3) is 0 Å². The summed E-state index contributed by atoms with van der Waals surface area (Å²) >= 11 is 6.52. The lowest BCUT2D eigenvalue weighted by Gasteiger charge is -2.16. The minimum absolute atomic E-state index is 0.0686. The number of alkyl halides is 2. The summed E-state index contributed by atoms with van der Waals surface area (Å²) in [4.78, 5) is 23.5. The van der Waals surface area contributed by atoms with Crippen molar-refractivity contribution in [2.75, 3.05) is 33.7 Å². The number of rotatable bonds is 12. The van der Waals surface area contributed by atoms with Gasteiger partial charge in [-0.05, 0) is 27.7 Å². The molecule has 0 unspecified atom stereocenters. The lowest BCUT2D eigenvalue weighted by Crippen LogP contribution is -2.29. The summed E-state index contributed by atoms with van der Waals surface area (Å²) in [5.74, 6) is 1.01. The smallest absolute Gasteiger partial charge is 0.322 e. The van der Waals surface area contributed by atoms with E-state index in [4.69, 9.17) is 23.7 Å². The van der Waals surface area contributed by atoms with Gasteiger partial charge in [0.2, 0.25) is 0 Å². The van der Waals surface area contributed by atoms with Crippen LogP contribution in [0.2, 0.25) is 0 Å². The lowest BCUT2D eigenvalue weighted by molar-refractivity contribution is -0.146. The first-order chi connectivity index (χ1) is 12.9. The summed E-state index contributed by atoms with van der Waals surface area (Å²) in [6.45, 7) is 7.03. The molecule has 0 fully saturated rings. The Morgan fingerprint density at radius 3 is 2.00 bits per heavy atom. The van der Waals surface area contributed by atoms with Crippen LogP contribution in [-0.2, 0) is 19.1 Å². The van der Waals surface area contributed by atoms with E-state index in [-0.39, 0.29) is 38.4 Å². The number of halogens is 2. The first-order valence-corrected chi connectivity index (χ1v) is 10.1. The summed E-state index contributed by atoms with van der Waals surface area (Å²) in [6.07, 6.45) is 0. The minimum atomic E-state index is -0.741. The third kappa shape index (κ3) is 9.25. The maximum Gasteiger partial charge on any atom is 0.322 e. The van der Waals surface area contributed by atoms with Crippen molar-refractivity contribution in [3.8, 4) is 17.2 Å². The molecule has 0 amide bonds. The average molecular weight is 526 g/mol. The molecular weight excluding hydrogens is 500 g/mol. The van der Waals surface area contributed by atoms with Crippen molar-refractivity contribution in [3.05, 3.63) is 18.2 Å². The van der Waals surface area contributed by atoms with Crippen LogP contribution in [0.15, 0.2) is 18.2 Å². The Morgan fingerprint density at radius 2 is 1.46 bits per heavy atom. The van der Waals surface area contributed by atoms with Crippen LogP contribution >= 0.6 is 31.9 Å². The number of methoxy groups -OCH3 is 1. The number of ether oxygens (including phenoxy) is 5. The molecule has 9 heteroatoms. The summed E-state index contributed by atoms with van der Waals surface area (Å²) in [5.41, 5.74) is 0. The van der Waals surface area contributed by atoms with Crippen molar-refractivity contribution in [3.63, 3.8) is 0 Å². The Labute approximate surface area is 182 Å². The highest BCUT2D eigenvalue weighted by Crippen LogP contribution is 2.28. The standard InChI is InChI=1S/C19H26Br2O7/c1-18(2,20)16(22)11-25-12-28-15-9-13(24-5)8-14(10-15)26-6-7-27-17(23)19(3,4)21/h8-10H,6-7,11-12H2,1-5H3. The fourth-order valence-electron chi connectivity index (χ4n) is 1.71. The monoisotopic (exact) mass is 524 g/mol. The predicted octanol–water partition coefficient (Wildman–Crippen LogP) is 3.89. The van der Waals surface area contributed by atoms with Crippen LogP contribution < -0.4 is 14.2 Å². The van der Waals surface area contributed by atoms with E-state index in [2.05, 4.69) is 31.9 Å². The van der Waals surface area contributed by atoms with E-state index in [1.54, 1.807) is 45.9 Å². The Morgan fingerprint density at radius 1 is 0.893 bits per heavy atom. The molecule has 0 saturated carbocycles. The minimum Gasteiger partial charge on any atom is -0.496 e. The molecule has 0 aliphatic rings. The zero-order chi connectivity index (χ0) is 21.4. The second kappa shape index (κ2) is 11.0. The molecule has 0 aliphatic heterocycles. The zero-order valence-corrected chi connectivity index (χ0v) is 19.8. The molecule has 0 saturated heterocycles. The fraction of sp³-hybridized carbons (Fsp3) is 0.579. The maximum atomic E-state index is 11.8. The van der Waals surface area contributed by atoms with Crippen molar-refractivity contribution in [2.24, 2.45) is 0 Å². The van der Waals surface area contributed by atoms with Crippen molar-refractivity contribution in [2.45, 2.75) is 36.3 Å². The van der Waals surface area contributed by atoms with Crippen molar-refractivity contribution in [1.82, 2.24) is 0 Å². The molecule has 0 radical (unpaired) electrons. The van der Waals surface area contributed by atoms with Gasteiger partial charge in [-0.15, -0.1) is 0 Å². The number of Topliss-reactive ketones (excluding diaryl/α,β-unsaturated/α-hetero) is 1. The Bertz CT molecular complexity index is 611. The Hall–Kier alpha value is -1.32. The number of hydrogen-bond donors (Lipinski definition) is 0. The first-order valence-electron chi connectivity index (χ1n) is 8.54. The third-order valence-corrected chi connectivity index (χ3v) is 4.13. The van der Waals surface area contributed by atoms with E-state index in [0.29, 0.717) is 17.2 Å². The van der Waals surface area contributed by atoms with Gasteiger partial charge in [0.15, 0.2) is 12.6 Å². The van der Waals surface area contributed by atoms with Crippen molar-refractivity contribution >= 4 is 43.6 Å². The number of benzene rings is 1. The summed E-state index contributed by atoms with van der Waals surface area (Å²) in [7, 11) is 1.52. The molecule has 1 rings (SSSR count). The van der Waals surface area contributed by atoms with E-state index in [1.165, 1.54) is 7.11 Å². The molecule has 158 valence electrons. The van der Waals surface area contributed by atoms with E-state index in [9.17, 15) is 9.59 Å². The summed E-state index contributed by atoms with van der Waals surface area (Å²) in [5, 5.41) is 0. The lowest BCUT2D eigenvalue weighted by atomic mass is 10.1. The quantitative estimate of drug-likeness (QED) is 0.177. The molecule has 0 aromatic heterocycles. The van der Waals surface area contributed by atoms with Gasteiger partial charge in [-0.1, -0.05) is 31.9 Å². The van der Waals surface area contributed by atoms with Crippen LogP contribution in [0, 0.1) is 0 Å². The van der Waals surface area contributed by atoms with E-state index < -0.39 is 8.65 Å². The highest BCUT2D eigenvalue weighted by atomic mass is 79.9. The van der Waals surface area contributed by atoms with Gasteiger partial charge in [0.1, 0.15) is 41.4 Å². The largest absolute Gasteiger partial charge is 0.496 e. The molecule has 0 bridgehead atoms. The number of carbonyl (C=O) groups excluding carboxylic acids is 2. The van der Waals surface area contributed by atoms with Gasteiger partial charge in [-0.2, -0.15) is 0 Å². The highest BCUT2D eigenvalue weighted by molar-refractivity contribution is 9.10. The molecule has 0 spiro atoms. The third-order valence-electron chi connectivity index (χ3n) is 3.37. The molecule has 28 heavy (non-hydrogen) atoms. The normalized spacial score (nSPS) is 11.7. The van der Waals surface area contributed by atoms with E-state index >= 15 is 0 Å². The van der Waals surface area contributed by atoms with Crippen molar-refractivity contribution in [1.29, 1.82) is 0 Å². The van der Waals surface area contributed by atoms with Gasteiger partial charge in [0, 0.05) is 18.2 Å². The predicted molar refractivity (Wildman–Crippen MR) is 112 cm³/mol. The van der Waals surface area contributed by atoms with Crippen LogP contribution in [0.5, 0.6) is 17.2 Å². The molecule has 0 heterocycles. The second-order valence-corrected chi connectivity index (χ2v) is 10.8. The Balaban J connectivity index is 2.52. The number of ketones is 1. The molecule has 7 nitrogen and oxygen atoms in total. The fourth-order valence-corrected chi connectivity index (χ4v) is 1.94. The number of carbonyl (C=O) groups is 2. The molecular formula is C19H26Br2O7. The number of esters is 1. The molecule has 0 N–H and O–H groups in total. The second-order valence-electron chi connectivity index (χ2n) is 6.81. The van der Waals surface area contributed by atoms with Crippen LogP contribution in [0.4, 0.5) is 0 Å². The topological polar surface area (TPSA) is 80.3 Å². The van der Waals surface area contributed by atoms with Gasteiger partial charge in [0.25, 0.3) is 0 Å². The van der Waals surface area contributed by atoms with Crippen LogP contribution in [-0.4, -0.2) is 54.1 Å². The molecule has 0 atom stereocenters. The SMILES string of the molecule is COc1cc(OCCOC(=O)C(C)(C)Br)cc(OCOCC(=O)C(C)(C)Br)c1. The van der Waals surface area contributed by atoms with E-state index in [1.807, 2.05) is 0 Å². The summed E-state index contributed by atoms with van der Waals surface area (Å²) in [6, 6.07) is 5.00. The van der Waals surface area contributed by atoms with Crippen molar-refractivity contribution < 1.29 is 33.3 Å². The Kier molecular flexibility index (Phi) is 9.73. The molecule has 1 aromatic rings. The number of hydrogen-bond acceptors (Lipinski definition) is 7. The summed E-state index contributed by atoms with van der Waals surface area (Å²) < 4.78 is 25.3. The zero-order valence-electron chi connectivity index (χ0n) is 16.7. The first kappa shape index (κ1) is 24.7. The van der Waals surface area contributed by atoms with Gasteiger partial charge in [-0.3, -0.25) is 9.59 Å². The molecule has 0 aliphatic carbocycles. The van der Waals surface area contributed by atoms with Gasteiger partial charge < -0.3 is 23.7 Å². The highest BCUT2D eigenvalue weighted by Gasteiger charge is 2.25. The van der Waals surface area contributed by atoms with Gasteiger partial charge >= 0.3 is 5.97 Å². The maximum absolute atomic E-state index is 11.8.